The lowest BCUT2D eigenvalue weighted by atomic mass is 9.81. The second kappa shape index (κ2) is 9.61. The quantitative estimate of drug-likeness (QED) is 0.300. The Labute approximate surface area is 196 Å². The van der Waals surface area contributed by atoms with E-state index < -0.39 is 0 Å². The highest BCUT2D eigenvalue weighted by molar-refractivity contribution is 7.17. The number of benzene rings is 3. The Balaban J connectivity index is 1.75. The smallest absolute Gasteiger partial charge is 0.185 e. The van der Waals surface area contributed by atoms with E-state index in [0.29, 0.717) is 11.7 Å². The summed E-state index contributed by atoms with van der Waals surface area (Å²) >= 11 is 0. The van der Waals surface area contributed by atoms with E-state index in [0.717, 1.165) is 41.3 Å². The summed E-state index contributed by atoms with van der Waals surface area (Å²) in [5, 5.41) is 3.88. The molecule has 5 heteroatoms. The van der Waals surface area contributed by atoms with Crippen LogP contribution in [0.5, 0.6) is 0 Å². The molecule has 0 saturated carbocycles. The molecule has 164 valence electrons. The van der Waals surface area contributed by atoms with Gasteiger partial charge in [-0.2, -0.15) is 0 Å². The van der Waals surface area contributed by atoms with Crippen molar-refractivity contribution in [1.82, 2.24) is 4.81 Å². The van der Waals surface area contributed by atoms with E-state index in [9.17, 15) is 0 Å². The van der Waals surface area contributed by atoms with Crippen molar-refractivity contribution in [1.29, 1.82) is 0 Å². The molecule has 0 aliphatic carbocycles. The molecular weight excluding hydrogens is 408 g/mol. The minimum atomic E-state index is 0.110. The highest BCUT2D eigenvalue weighted by Crippen LogP contribution is 2.50. The molecule has 0 spiro atoms. The van der Waals surface area contributed by atoms with Crippen LogP contribution in [-0.2, 0) is 0 Å². The molecule has 4 rings (SSSR count). The van der Waals surface area contributed by atoms with Crippen molar-refractivity contribution in [3.63, 3.8) is 0 Å². The average molecular weight is 441 g/mol. The topological polar surface area (TPSA) is 27.6 Å². The average Bonchev–Trinajstić information content (AvgIpc) is 3.16. The fourth-order valence-corrected chi connectivity index (χ4v) is 5.60. The van der Waals surface area contributed by atoms with Crippen molar-refractivity contribution >= 4 is 34.3 Å². The Morgan fingerprint density at radius 3 is 2.12 bits per heavy atom. The van der Waals surface area contributed by atoms with Crippen molar-refractivity contribution in [2.24, 2.45) is 10.4 Å². The van der Waals surface area contributed by atoms with E-state index in [2.05, 4.69) is 115 Å². The summed E-state index contributed by atoms with van der Waals surface area (Å²) < 4.78 is 0. The van der Waals surface area contributed by atoms with Gasteiger partial charge in [-0.05, 0) is 30.1 Å². The predicted molar refractivity (Wildman–Crippen MR) is 144 cm³/mol. The van der Waals surface area contributed by atoms with Gasteiger partial charge in [-0.15, -0.1) is 9.24 Å². The first kappa shape index (κ1) is 22.8. The molecular formula is C27H33BN3P. The molecule has 0 amide bonds. The maximum atomic E-state index is 5.23. The van der Waals surface area contributed by atoms with E-state index in [4.69, 9.17) is 4.99 Å². The zero-order valence-electron chi connectivity index (χ0n) is 19.5. The first-order chi connectivity index (χ1) is 15.4. The second-order valence-corrected chi connectivity index (χ2v) is 10.1. The molecule has 0 radical (unpaired) electrons. The Morgan fingerprint density at radius 1 is 0.969 bits per heavy atom. The lowest BCUT2D eigenvalue weighted by Gasteiger charge is -2.38. The van der Waals surface area contributed by atoms with E-state index in [-0.39, 0.29) is 5.41 Å². The monoisotopic (exact) mass is 441 g/mol. The SMILES string of the molecule is BN(CC)CC(C)(C)[C@@H]1Nc2c(N=C(c3ccccc3)c3ccccc3)cccc2[C@@H]1P. The number of anilines is 1. The maximum Gasteiger partial charge on any atom is 0.185 e. The molecule has 3 atom stereocenters. The number of hydrogen-bond acceptors (Lipinski definition) is 3. The number of aliphatic imine (C=N–C) groups is 1. The minimum Gasteiger partial charge on any atom is -0.379 e. The summed E-state index contributed by atoms with van der Waals surface area (Å²) in [5.41, 5.74) is 7.19. The van der Waals surface area contributed by atoms with Crippen LogP contribution in [0.15, 0.2) is 83.9 Å². The van der Waals surface area contributed by atoms with Gasteiger partial charge in [0.15, 0.2) is 7.98 Å². The van der Waals surface area contributed by atoms with Gasteiger partial charge in [-0.25, -0.2) is 4.99 Å². The number of fused-ring (bicyclic) bond motifs is 1. The summed E-state index contributed by atoms with van der Waals surface area (Å²) in [5.74, 6) is 0. The van der Waals surface area contributed by atoms with Crippen LogP contribution in [-0.4, -0.2) is 37.6 Å². The Morgan fingerprint density at radius 2 is 1.56 bits per heavy atom. The van der Waals surface area contributed by atoms with Crippen LogP contribution in [0.25, 0.3) is 0 Å². The van der Waals surface area contributed by atoms with Gasteiger partial charge in [-0.3, -0.25) is 0 Å². The zero-order valence-corrected chi connectivity index (χ0v) is 20.7. The predicted octanol–water partition coefficient (Wildman–Crippen LogP) is 5.46. The fraction of sp³-hybridized carbons (Fsp3) is 0.296. The van der Waals surface area contributed by atoms with Gasteiger partial charge in [0.1, 0.15) is 0 Å². The van der Waals surface area contributed by atoms with E-state index in [1.807, 2.05) is 12.1 Å². The molecule has 0 aromatic heterocycles. The molecule has 1 aliphatic rings. The summed E-state index contributed by atoms with van der Waals surface area (Å²) in [7, 11) is 5.28. The first-order valence-electron chi connectivity index (χ1n) is 11.4. The van der Waals surface area contributed by atoms with Crippen molar-refractivity contribution < 1.29 is 0 Å². The Bertz CT molecular complexity index is 1040. The first-order valence-corrected chi connectivity index (χ1v) is 12.1. The third kappa shape index (κ3) is 4.67. The largest absolute Gasteiger partial charge is 0.379 e. The van der Waals surface area contributed by atoms with Gasteiger partial charge in [0, 0.05) is 22.8 Å². The highest BCUT2D eigenvalue weighted by Gasteiger charge is 2.40. The van der Waals surface area contributed by atoms with Gasteiger partial charge < -0.3 is 10.1 Å². The molecule has 3 nitrogen and oxygen atoms in total. The molecule has 0 saturated heterocycles. The van der Waals surface area contributed by atoms with Crippen LogP contribution in [0.4, 0.5) is 11.4 Å². The number of rotatable bonds is 7. The maximum absolute atomic E-state index is 5.23. The van der Waals surface area contributed by atoms with Gasteiger partial charge in [0.05, 0.1) is 17.1 Å². The van der Waals surface area contributed by atoms with Gasteiger partial charge in [0.25, 0.3) is 0 Å². The molecule has 32 heavy (non-hydrogen) atoms. The van der Waals surface area contributed by atoms with E-state index >= 15 is 0 Å². The minimum absolute atomic E-state index is 0.110. The normalized spacial score (nSPS) is 17.7. The Hall–Kier alpha value is -2.42. The zero-order chi connectivity index (χ0) is 22.7. The van der Waals surface area contributed by atoms with Gasteiger partial charge in [-0.1, -0.05) is 93.6 Å². The number of para-hydroxylation sites is 1. The van der Waals surface area contributed by atoms with Gasteiger partial charge in [0.2, 0.25) is 0 Å². The molecule has 1 aliphatic heterocycles. The van der Waals surface area contributed by atoms with Crippen molar-refractivity contribution in [2.75, 3.05) is 18.4 Å². The number of nitrogens with one attached hydrogen (secondary N) is 1. The van der Waals surface area contributed by atoms with Crippen LogP contribution >= 0.6 is 9.24 Å². The molecule has 1 heterocycles. The standard InChI is InChI=1S/C27H33BN3P/c1-4-31(28)18-27(2,3)26-25(32)21-16-11-17-22(24(21)30-26)29-23(19-12-7-5-8-13-19)20-14-9-6-10-15-20/h5-17,25-26,30H,4,18,28,32H2,1-3H3/t25-,26+/m0/s1. The molecule has 3 aromatic rings. The van der Waals surface area contributed by atoms with Crippen molar-refractivity contribution in [3.8, 4) is 0 Å². The van der Waals surface area contributed by atoms with Crippen LogP contribution < -0.4 is 5.32 Å². The molecule has 3 aromatic carbocycles. The molecule has 0 fully saturated rings. The van der Waals surface area contributed by atoms with E-state index in [1.54, 1.807) is 0 Å². The van der Waals surface area contributed by atoms with Crippen LogP contribution in [0.2, 0.25) is 0 Å². The second-order valence-electron chi connectivity index (χ2n) is 9.40. The van der Waals surface area contributed by atoms with Crippen molar-refractivity contribution in [2.45, 2.75) is 32.5 Å². The lowest BCUT2D eigenvalue weighted by molar-refractivity contribution is 0.236. The lowest BCUT2D eigenvalue weighted by Crippen LogP contribution is -2.44. The highest BCUT2D eigenvalue weighted by atomic mass is 31.0. The third-order valence-corrected chi connectivity index (χ3v) is 7.22. The fourth-order valence-electron chi connectivity index (χ4n) is 4.71. The van der Waals surface area contributed by atoms with Crippen molar-refractivity contribution in [3.05, 3.63) is 95.6 Å². The van der Waals surface area contributed by atoms with E-state index in [1.165, 1.54) is 5.56 Å². The summed E-state index contributed by atoms with van der Waals surface area (Å²) in [6.45, 7) is 9.03. The van der Waals surface area contributed by atoms with Gasteiger partial charge >= 0.3 is 0 Å². The summed E-state index contributed by atoms with van der Waals surface area (Å²) in [6.07, 6.45) is 0. The number of hydrogen-bond donors (Lipinski definition) is 1. The molecule has 1 N–H and O–H groups in total. The third-order valence-electron chi connectivity index (χ3n) is 6.48. The van der Waals surface area contributed by atoms with Crippen LogP contribution in [0.1, 0.15) is 43.1 Å². The Kier molecular flexibility index (Phi) is 6.83. The molecule has 0 bridgehead atoms. The summed E-state index contributed by atoms with van der Waals surface area (Å²) in [4.78, 5) is 7.63. The van der Waals surface area contributed by atoms with Crippen LogP contribution in [0, 0.1) is 5.41 Å². The summed E-state index contributed by atoms with van der Waals surface area (Å²) in [6, 6.07) is 27.7. The number of nitrogens with zero attached hydrogens (tertiary/aromatic N) is 2. The molecule has 1 unspecified atom stereocenters. The van der Waals surface area contributed by atoms with Crippen LogP contribution in [0.3, 0.4) is 0 Å².